The van der Waals surface area contributed by atoms with Gasteiger partial charge in [-0.2, -0.15) is 0 Å². The number of halogens is 1. The summed E-state index contributed by atoms with van der Waals surface area (Å²) in [4.78, 5) is 23.5. The molecule has 5 nitrogen and oxygen atoms in total. The van der Waals surface area contributed by atoms with Crippen LogP contribution in [0.2, 0.25) is 5.02 Å². The maximum atomic E-state index is 12.4. The Labute approximate surface area is 148 Å². The van der Waals surface area contributed by atoms with Gasteiger partial charge in [-0.05, 0) is 61.0 Å². The third-order valence-corrected chi connectivity index (χ3v) is 4.02. The lowest BCUT2D eigenvalue weighted by atomic mass is 10.1. The van der Waals surface area contributed by atoms with Gasteiger partial charge in [-0.25, -0.2) is 4.79 Å². The summed E-state index contributed by atoms with van der Waals surface area (Å²) in [5.74, 6) is -0.828. The van der Waals surface area contributed by atoms with Gasteiger partial charge in [0, 0.05) is 16.3 Å². The highest BCUT2D eigenvalue weighted by Crippen LogP contribution is 2.25. The Kier molecular flexibility index (Phi) is 4.59. The normalized spacial score (nSPS) is 10.5. The van der Waals surface area contributed by atoms with Crippen LogP contribution in [0.5, 0.6) is 0 Å². The van der Waals surface area contributed by atoms with E-state index in [2.05, 4.69) is 5.32 Å². The van der Waals surface area contributed by atoms with Crippen LogP contribution in [0.1, 0.15) is 26.5 Å². The summed E-state index contributed by atoms with van der Waals surface area (Å²) in [5, 5.41) is 12.4. The average Bonchev–Trinajstić information content (AvgIpc) is 3.07. The van der Waals surface area contributed by atoms with Crippen LogP contribution in [0, 0.1) is 6.92 Å². The topological polar surface area (TPSA) is 79.5 Å². The molecule has 0 aliphatic heterocycles. The zero-order valence-corrected chi connectivity index (χ0v) is 14.0. The lowest BCUT2D eigenvalue weighted by molar-refractivity contribution is 0.0695. The molecule has 0 aliphatic carbocycles. The number of hydrogen-bond acceptors (Lipinski definition) is 3. The summed E-state index contributed by atoms with van der Waals surface area (Å²) in [6.45, 7) is 1.64. The summed E-state index contributed by atoms with van der Waals surface area (Å²) >= 11 is 5.86. The molecule has 0 aliphatic rings. The largest absolute Gasteiger partial charge is 0.478 e. The van der Waals surface area contributed by atoms with E-state index in [1.807, 2.05) is 0 Å². The molecule has 0 bridgehead atoms. The fraction of sp³-hybridized carbons (Fsp3) is 0.0526. The fourth-order valence-electron chi connectivity index (χ4n) is 2.42. The van der Waals surface area contributed by atoms with Gasteiger partial charge in [0.05, 0.1) is 5.56 Å². The highest BCUT2D eigenvalue weighted by molar-refractivity contribution is 6.30. The molecule has 0 radical (unpaired) electrons. The third kappa shape index (κ3) is 3.56. The van der Waals surface area contributed by atoms with Gasteiger partial charge in [-0.3, -0.25) is 4.79 Å². The number of carbonyl (C=O) groups is 2. The van der Waals surface area contributed by atoms with Crippen LogP contribution in [0.15, 0.2) is 59.0 Å². The Morgan fingerprint density at radius 1 is 1.04 bits per heavy atom. The molecule has 1 heterocycles. The first-order valence-electron chi connectivity index (χ1n) is 7.46. The summed E-state index contributed by atoms with van der Waals surface area (Å²) < 4.78 is 5.59. The monoisotopic (exact) mass is 355 g/mol. The van der Waals surface area contributed by atoms with Crippen LogP contribution < -0.4 is 5.32 Å². The van der Waals surface area contributed by atoms with Gasteiger partial charge < -0.3 is 14.8 Å². The van der Waals surface area contributed by atoms with Crippen molar-refractivity contribution in [2.45, 2.75) is 6.92 Å². The molecule has 6 heteroatoms. The first-order valence-corrected chi connectivity index (χ1v) is 7.83. The van der Waals surface area contributed by atoms with Crippen molar-refractivity contribution < 1.29 is 19.1 Å². The first kappa shape index (κ1) is 16.8. The number of furan rings is 1. The molecule has 126 valence electrons. The van der Waals surface area contributed by atoms with Crippen LogP contribution in [-0.4, -0.2) is 17.0 Å². The quantitative estimate of drug-likeness (QED) is 0.700. The molecule has 1 amide bonds. The molecule has 0 spiro atoms. The van der Waals surface area contributed by atoms with Crippen LogP contribution in [0.25, 0.3) is 11.3 Å². The molecule has 0 unspecified atom stereocenters. The van der Waals surface area contributed by atoms with E-state index >= 15 is 0 Å². The van der Waals surface area contributed by atoms with Crippen molar-refractivity contribution in [2.24, 2.45) is 0 Å². The average molecular weight is 356 g/mol. The van der Waals surface area contributed by atoms with Gasteiger partial charge in [-0.1, -0.05) is 17.7 Å². The minimum absolute atomic E-state index is 0.130. The van der Waals surface area contributed by atoms with E-state index in [0.717, 1.165) is 5.56 Å². The Hall–Kier alpha value is -3.05. The number of carbonyl (C=O) groups excluding carboxylic acids is 1. The van der Waals surface area contributed by atoms with Crippen molar-refractivity contribution in [2.75, 3.05) is 5.32 Å². The van der Waals surface area contributed by atoms with Crippen LogP contribution in [0.3, 0.4) is 0 Å². The van der Waals surface area contributed by atoms with Crippen molar-refractivity contribution in [1.82, 2.24) is 0 Å². The van der Waals surface area contributed by atoms with Crippen LogP contribution in [-0.2, 0) is 0 Å². The maximum absolute atomic E-state index is 12.4. The second-order valence-corrected chi connectivity index (χ2v) is 5.84. The predicted molar refractivity (Wildman–Crippen MR) is 95.2 cm³/mol. The molecular weight excluding hydrogens is 342 g/mol. The van der Waals surface area contributed by atoms with Gasteiger partial charge in [0.1, 0.15) is 5.76 Å². The zero-order valence-electron chi connectivity index (χ0n) is 13.2. The van der Waals surface area contributed by atoms with Gasteiger partial charge in [0.25, 0.3) is 5.91 Å². The van der Waals surface area contributed by atoms with Crippen molar-refractivity contribution in [3.05, 3.63) is 76.5 Å². The SMILES string of the molecule is Cc1c(NC(=O)c2ccc(-c3ccc(Cl)cc3)o2)cccc1C(=O)O. The summed E-state index contributed by atoms with van der Waals surface area (Å²) in [6.07, 6.45) is 0. The molecule has 0 fully saturated rings. The van der Waals surface area contributed by atoms with Gasteiger partial charge >= 0.3 is 5.97 Å². The van der Waals surface area contributed by atoms with Gasteiger partial charge in [-0.15, -0.1) is 0 Å². The van der Waals surface area contributed by atoms with E-state index in [1.54, 1.807) is 55.5 Å². The molecule has 3 aromatic rings. The molecular formula is C19H14ClNO4. The highest BCUT2D eigenvalue weighted by Gasteiger charge is 2.16. The van der Waals surface area contributed by atoms with Gasteiger partial charge in [0.15, 0.2) is 5.76 Å². The van der Waals surface area contributed by atoms with E-state index in [1.165, 1.54) is 6.07 Å². The van der Waals surface area contributed by atoms with Crippen LogP contribution in [0.4, 0.5) is 5.69 Å². The summed E-state index contributed by atoms with van der Waals surface area (Å²) in [5.41, 5.74) is 1.84. The Morgan fingerprint density at radius 3 is 2.44 bits per heavy atom. The van der Waals surface area contributed by atoms with E-state index in [-0.39, 0.29) is 11.3 Å². The smallest absolute Gasteiger partial charge is 0.336 e. The van der Waals surface area contributed by atoms with Crippen LogP contribution >= 0.6 is 11.6 Å². The predicted octanol–water partition coefficient (Wildman–Crippen LogP) is 4.86. The lowest BCUT2D eigenvalue weighted by Gasteiger charge is -2.09. The minimum Gasteiger partial charge on any atom is -0.478 e. The van der Waals surface area contributed by atoms with Crippen molar-refractivity contribution in [1.29, 1.82) is 0 Å². The molecule has 0 saturated heterocycles. The number of nitrogens with one attached hydrogen (secondary N) is 1. The number of rotatable bonds is 4. The second kappa shape index (κ2) is 6.83. The fourth-order valence-corrected chi connectivity index (χ4v) is 2.54. The van der Waals surface area contributed by atoms with E-state index in [4.69, 9.17) is 21.1 Å². The first-order chi connectivity index (χ1) is 12.0. The van der Waals surface area contributed by atoms with E-state index in [0.29, 0.717) is 22.0 Å². The molecule has 1 aromatic heterocycles. The highest BCUT2D eigenvalue weighted by atomic mass is 35.5. The number of amides is 1. The van der Waals surface area contributed by atoms with Crippen molar-refractivity contribution >= 4 is 29.2 Å². The van der Waals surface area contributed by atoms with Crippen molar-refractivity contribution in [3.8, 4) is 11.3 Å². The molecule has 2 N–H and O–H groups in total. The van der Waals surface area contributed by atoms with Gasteiger partial charge in [0.2, 0.25) is 0 Å². The molecule has 25 heavy (non-hydrogen) atoms. The number of carboxylic acid groups (broad SMARTS) is 1. The number of hydrogen-bond donors (Lipinski definition) is 2. The Bertz CT molecular complexity index is 944. The third-order valence-electron chi connectivity index (χ3n) is 3.77. The van der Waals surface area contributed by atoms with E-state index in [9.17, 15) is 9.59 Å². The lowest BCUT2D eigenvalue weighted by Crippen LogP contribution is -2.13. The molecule has 2 aromatic carbocycles. The molecule has 0 saturated carbocycles. The molecule has 0 atom stereocenters. The molecule has 3 rings (SSSR count). The summed E-state index contributed by atoms with van der Waals surface area (Å²) in [7, 11) is 0. The van der Waals surface area contributed by atoms with E-state index < -0.39 is 11.9 Å². The minimum atomic E-state index is -1.04. The summed E-state index contributed by atoms with van der Waals surface area (Å²) in [6, 6.07) is 15.0. The number of carboxylic acids is 1. The Balaban J connectivity index is 1.82. The maximum Gasteiger partial charge on any atom is 0.336 e. The number of anilines is 1. The van der Waals surface area contributed by atoms with Crippen molar-refractivity contribution in [3.63, 3.8) is 0 Å². The Morgan fingerprint density at radius 2 is 1.76 bits per heavy atom. The standard InChI is InChI=1S/C19H14ClNO4/c1-11-14(19(23)24)3-2-4-15(11)21-18(22)17-10-9-16(25-17)12-5-7-13(20)8-6-12/h2-10H,1H3,(H,21,22)(H,23,24). The number of aromatic carboxylic acids is 1. The number of benzene rings is 2. The zero-order chi connectivity index (χ0) is 18.0. The second-order valence-electron chi connectivity index (χ2n) is 5.41.